The lowest BCUT2D eigenvalue weighted by Gasteiger charge is -2.38. The summed E-state index contributed by atoms with van der Waals surface area (Å²) in [4.78, 5) is 18.6. The van der Waals surface area contributed by atoms with Crippen molar-refractivity contribution in [1.29, 1.82) is 0 Å². The SMILES string of the molecule is CN=C(NCC1(c2ccc(F)cc2)CCCCC1)NC1CCN(C(=O)C(C)C)C1.I. The van der Waals surface area contributed by atoms with Crippen molar-refractivity contribution in [3.05, 3.63) is 35.6 Å². The van der Waals surface area contributed by atoms with E-state index in [4.69, 9.17) is 0 Å². The van der Waals surface area contributed by atoms with Crippen LogP contribution in [0.25, 0.3) is 0 Å². The summed E-state index contributed by atoms with van der Waals surface area (Å²) in [5.41, 5.74) is 1.22. The van der Waals surface area contributed by atoms with Crippen LogP contribution in [0.2, 0.25) is 0 Å². The third-order valence-corrected chi connectivity index (χ3v) is 6.42. The Morgan fingerprint density at radius 3 is 2.50 bits per heavy atom. The van der Waals surface area contributed by atoms with Crippen LogP contribution in [0, 0.1) is 11.7 Å². The Kier molecular flexibility index (Phi) is 9.37. The Morgan fingerprint density at radius 2 is 1.90 bits per heavy atom. The molecule has 3 rings (SSSR count). The molecule has 5 nitrogen and oxygen atoms in total. The fourth-order valence-electron chi connectivity index (χ4n) is 4.68. The zero-order valence-electron chi connectivity index (χ0n) is 18.4. The van der Waals surface area contributed by atoms with Gasteiger partial charge in [0, 0.05) is 44.1 Å². The number of halogens is 2. The maximum absolute atomic E-state index is 13.4. The standard InChI is InChI=1S/C23H35FN4O.HI/c1-17(2)21(29)28-14-11-20(15-28)27-22(25-3)26-16-23(12-5-4-6-13-23)18-7-9-19(24)10-8-18;/h7-10,17,20H,4-6,11-16H2,1-3H3,(H2,25,26,27);1H. The van der Waals surface area contributed by atoms with E-state index in [1.54, 1.807) is 19.2 Å². The molecular weight excluding hydrogens is 494 g/mol. The summed E-state index contributed by atoms with van der Waals surface area (Å²) in [6, 6.07) is 7.22. The van der Waals surface area contributed by atoms with Crippen LogP contribution in [-0.2, 0) is 10.2 Å². The number of guanidine groups is 1. The molecule has 2 fully saturated rings. The molecule has 0 radical (unpaired) electrons. The van der Waals surface area contributed by atoms with Gasteiger partial charge < -0.3 is 15.5 Å². The fraction of sp³-hybridized carbons (Fsp3) is 0.652. The molecule has 1 unspecified atom stereocenters. The molecule has 1 amide bonds. The predicted molar refractivity (Wildman–Crippen MR) is 131 cm³/mol. The number of amides is 1. The number of carbonyl (C=O) groups is 1. The second-order valence-corrected chi connectivity index (χ2v) is 8.84. The molecule has 1 saturated carbocycles. The van der Waals surface area contributed by atoms with E-state index < -0.39 is 0 Å². The summed E-state index contributed by atoms with van der Waals surface area (Å²) < 4.78 is 13.4. The van der Waals surface area contributed by atoms with Crippen molar-refractivity contribution in [1.82, 2.24) is 15.5 Å². The molecular formula is C23H36FIN4O. The van der Waals surface area contributed by atoms with Crippen molar-refractivity contribution in [2.24, 2.45) is 10.9 Å². The number of likely N-dealkylation sites (tertiary alicyclic amines) is 1. The monoisotopic (exact) mass is 530 g/mol. The van der Waals surface area contributed by atoms with Gasteiger partial charge in [-0.3, -0.25) is 9.79 Å². The van der Waals surface area contributed by atoms with Gasteiger partial charge in [0.05, 0.1) is 0 Å². The van der Waals surface area contributed by atoms with Gasteiger partial charge in [-0.15, -0.1) is 24.0 Å². The first-order valence-electron chi connectivity index (χ1n) is 11.0. The van der Waals surface area contributed by atoms with Gasteiger partial charge in [0.15, 0.2) is 5.96 Å². The average Bonchev–Trinajstić information content (AvgIpc) is 3.20. The summed E-state index contributed by atoms with van der Waals surface area (Å²) in [5.74, 6) is 0.843. The fourth-order valence-corrected chi connectivity index (χ4v) is 4.68. The Balaban J connectivity index is 0.00000320. The molecule has 2 N–H and O–H groups in total. The van der Waals surface area contributed by atoms with E-state index >= 15 is 0 Å². The van der Waals surface area contributed by atoms with Crippen LogP contribution in [0.15, 0.2) is 29.3 Å². The first-order valence-corrected chi connectivity index (χ1v) is 11.0. The van der Waals surface area contributed by atoms with Crippen LogP contribution in [0.3, 0.4) is 0 Å². The first-order chi connectivity index (χ1) is 13.9. The molecule has 30 heavy (non-hydrogen) atoms. The third-order valence-electron chi connectivity index (χ3n) is 6.42. The van der Waals surface area contributed by atoms with Crippen LogP contribution >= 0.6 is 24.0 Å². The Morgan fingerprint density at radius 1 is 1.23 bits per heavy atom. The summed E-state index contributed by atoms with van der Waals surface area (Å²) in [6.07, 6.45) is 6.78. The smallest absolute Gasteiger partial charge is 0.225 e. The van der Waals surface area contributed by atoms with Gasteiger partial charge in [0.1, 0.15) is 5.82 Å². The molecule has 1 heterocycles. The zero-order chi connectivity index (χ0) is 20.9. The molecule has 7 heteroatoms. The van der Waals surface area contributed by atoms with Crippen LogP contribution in [-0.4, -0.2) is 49.5 Å². The van der Waals surface area contributed by atoms with E-state index in [1.807, 2.05) is 30.9 Å². The largest absolute Gasteiger partial charge is 0.356 e. The molecule has 1 saturated heterocycles. The van der Waals surface area contributed by atoms with E-state index in [9.17, 15) is 9.18 Å². The maximum Gasteiger partial charge on any atom is 0.225 e. The number of nitrogens with zero attached hydrogens (tertiary/aromatic N) is 2. The van der Waals surface area contributed by atoms with Crippen molar-refractivity contribution < 1.29 is 9.18 Å². The van der Waals surface area contributed by atoms with E-state index in [1.165, 1.54) is 24.8 Å². The number of carbonyl (C=O) groups excluding carboxylic acids is 1. The van der Waals surface area contributed by atoms with Gasteiger partial charge in [0.25, 0.3) is 0 Å². The van der Waals surface area contributed by atoms with Crippen molar-refractivity contribution >= 4 is 35.8 Å². The number of nitrogens with one attached hydrogen (secondary N) is 2. The predicted octanol–water partition coefficient (Wildman–Crippen LogP) is 4.07. The molecule has 1 aliphatic carbocycles. The number of aliphatic imine (C=N–C) groups is 1. The Hall–Kier alpha value is -1.38. The van der Waals surface area contributed by atoms with Gasteiger partial charge >= 0.3 is 0 Å². The van der Waals surface area contributed by atoms with Crippen LogP contribution < -0.4 is 10.6 Å². The molecule has 0 aromatic heterocycles. The van der Waals surface area contributed by atoms with Crippen molar-refractivity contribution in [2.75, 3.05) is 26.7 Å². The molecule has 1 atom stereocenters. The highest BCUT2D eigenvalue weighted by molar-refractivity contribution is 14.0. The average molecular weight is 530 g/mol. The van der Waals surface area contributed by atoms with E-state index in [-0.39, 0.29) is 53.1 Å². The topological polar surface area (TPSA) is 56.7 Å². The van der Waals surface area contributed by atoms with Crippen LogP contribution in [0.1, 0.15) is 57.9 Å². The Bertz CT molecular complexity index is 716. The van der Waals surface area contributed by atoms with Gasteiger partial charge in [-0.05, 0) is 37.0 Å². The molecule has 0 spiro atoms. The highest BCUT2D eigenvalue weighted by Gasteiger charge is 2.34. The minimum absolute atomic E-state index is 0. The minimum atomic E-state index is -0.188. The summed E-state index contributed by atoms with van der Waals surface area (Å²) in [5, 5.41) is 7.02. The highest BCUT2D eigenvalue weighted by atomic mass is 127. The molecule has 168 valence electrons. The first kappa shape index (κ1) is 24.9. The molecule has 0 bridgehead atoms. The van der Waals surface area contributed by atoms with Gasteiger partial charge in [-0.2, -0.15) is 0 Å². The molecule has 2 aliphatic rings. The second kappa shape index (κ2) is 11.3. The van der Waals surface area contributed by atoms with Crippen molar-refractivity contribution in [2.45, 2.75) is 63.8 Å². The lowest BCUT2D eigenvalue weighted by Crippen LogP contribution is -2.50. The quantitative estimate of drug-likeness (QED) is 0.343. The van der Waals surface area contributed by atoms with Gasteiger partial charge in [-0.1, -0.05) is 45.2 Å². The summed E-state index contributed by atoms with van der Waals surface area (Å²) in [6.45, 7) is 6.19. The van der Waals surface area contributed by atoms with E-state index in [2.05, 4.69) is 15.6 Å². The lowest BCUT2D eigenvalue weighted by molar-refractivity contribution is -0.133. The summed E-state index contributed by atoms with van der Waals surface area (Å²) in [7, 11) is 1.78. The van der Waals surface area contributed by atoms with Crippen LogP contribution in [0.4, 0.5) is 4.39 Å². The van der Waals surface area contributed by atoms with Crippen molar-refractivity contribution in [3.8, 4) is 0 Å². The minimum Gasteiger partial charge on any atom is -0.356 e. The summed E-state index contributed by atoms with van der Waals surface area (Å²) >= 11 is 0. The molecule has 1 aliphatic heterocycles. The third kappa shape index (κ3) is 6.08. The van der Waals surface area contributed by atoms with E-state index in [0.29, 0.717) is 0 Å². The maximum atomic E-state index is 13.4. The molecule has 1 aromatic carbocycles. The van der Waals surface area contributed by atoms with Gasteiger partial charge in [0.2, 0.25) is 5.91 Å². The zero-order valence-corrected chi connectivity index (χ0v) is 20.7. The molecule has 1 aromatic rings. The van der Waals surface area contributed by atoms with Crippen molar-refractivity contribution in [3.63, 3.8) is 0 Å². The Labute approximate surface area is 197 Å². The number of hydrogen-bond donors (Lipinski definition) is 2. The number of rotatable bonds is 5. The normalized spacial score (nSPS) is 21.3. The number of benzene rings is 1. The van der Waals surface area contributed by atoms with Gasteiger partial charge in [-0.25, -0.2) is 4.39 Å². The highest BCUT2D eigenvalue weighted by Crippen LogP contribution is 2.39. The number of hydrogen-bond acceptors (Lipinski definition) is 2. The van der Waals surface area contributed by atoms with Crippen LogP contribution in [0.5, 0.6) is 0 Å². The van der Waals surface area contributed by atoms with E-state index in [0.717, 1.165) is 44.9 Å². The lowest BCUT2D eigenvalue weighted by atomic mass is 9.69. The second-order valence-electron chi connectivity index (χ2n) is 8.84.